The number of halogens is 3. The number of esters is 3. The molecular weight excluding hydrogens is 441 g/mol. The van der Waals surface area contributed by atoms with Crippen molar-refractivity contribution < 1.29 is 46.5 Å². The van der Waals surface area contributed by atoms with Crippen LogP contribution >= 0.6 is 11.8 Å². The third-order valence-corrected chi connectivity index (χ3v) is 5.59. The lowest BCUT2D eigenvalue weighted by atomic mass is 9.91. The quantitative estimate of drug-likeness (QED) is 0.466. The topological polar surface area (TPSA) is 88.1 Å². The number of carbonyl (C=O) groups excluding carboxylic acids is 3. The van der Waals surface area contributed by atoms with Crippen LogP contribution in [0.1, 0.15) is 33.3 Å². The first kappa shape index (κ1) is 25.0. The number of hydrogen-bond acceptors (Lipinski definition) is 8. The summed E-state index contributed by atoms with van der Waals surface area (Å²) in [5.74, 6) is -2.42. The number of carbonyl (C=O) groups is 3. The molecule has 0 radical (unpaired) electrons. The van der Waals surface area contributed by atoms with Crippen molar-refractivity contribution in [3.63, 3.8) is 0 Å². The Balaban J connectivity index is 2.34. The Morgan fingerprint density at radius 1 is 1.03 bits per heavy atom. The second-order valence-corrected chi connectivity index (χ2v) is 8.17. The maximum Gasteiger partial charge on any atom is 0.416 e. The lowest BCUT2D eigenvalue weighted by molar-refractivity contribution is -0.212. The van der Waals surface area contributed by atoms with Gasteiger partial charge in [0.1, 0.15) is 30.4 Å². The molecule has 7 nitrogen and oxygen atoms in total. The predicted molar refractivity (Wildman–Crippen MR) is 103 cm³/mol. The Hall–Kier alpha value is -2.27. The Kier molecular flexibility index (Phi) is 8.35. The van der Waals surface area contributed by atoms with Crippen LogP contribution in [0.25, 0.3) is 0 Å². The van der Waals surface area contributed by atoms with Crippen molar-refractivity contribution in [1.29, 1.82) is 0 Å². The van der Waals surface area contributed by atoms with E-state index in [0.29, 0.717) is 0 Å². The van der Waals surface area contributed by atoms with E-state index in [1.807, 2.05) is 0 Å². The molecule has 2 rings (SSSR count). The van der Waals surface area contributed by atoms with Crippen molar-refractivity contribution in [1.82, 2.24) is 0 Å². The molecular formula is C20H23F3O7S. The van der Waals surface area contributed by atoms with E-state index < -0.39 is 59.3 Å². The minimum atomic E-state index is -4.52. The fourth-order valence-electron chi connectivity index (χ4n) is 3.14. The molecule has 1 aromatic rings. The highest BCUT2D eigenvalue weighted by Crippen LogP contribution is 2.40. The average molecular weight is 464 g/mol. The third-order valence-electron chi connectivity index (χ3n) is 4.45. The van der Waals surface area contributed by atoms with Crippen LogP contribution in [0.5, 0.6) is 0 Å². The lowest BCUT2D eigenvalue weighted by Gasteiger charge is -2.43. The molecule has 0 N–H and O–H groups in total. The molecule has 1 fully saturated rings. The van der Waals surface area contributed by atoms with Gasteiger partial charge in [0.05, 0.1) is 5.56 Å². The summed E-state index contributed by atoms with van der Waals surface area (Å²) >= 11 is 0.927. The van der Waals surface area contributed by atoms with Crippen molar-refractivity contribution in [2.24, 2.45) is 5.92 Å². The Bertz CT molecular complexity index is 812. The van der Waals surface area contributed by atoms with Crippen LogP contribution in [-0.4, -0.2) is 48.3 Å². The minimum Gasteiger partial charge on any atom is -0.463 e. The maximum atomic E-state index is 13.1. The largest absolute Gasteiger partial charge is 0.463 e. The van der Waals surface area contributed by atoms with Crippen molar-refractivity contribution in [2.45, 2.75) is 62.5 Å². The van der Waals surface area contributed by atoms with Crippen LogP contribution in [0.15, 0.2) is 29.2 Å². The minimum absolute atomic E-state index is 0.237. The number of thioether (sulfide) groups is 1. The fourth-order valence-corrected chi connectivity index (χ4v) is 4.39. The van der Waals surface area contributed by atoms with Gasteiger partial charge in [-0.1, -0.05) is 24.8 Å². The second-order valence-electron chi connectivity index (χ2n) is 7.00. The van der Waals surface area contributed by atoms with E-state index in [0.717, 1.165) is 23.9 Å². The molecule has 0 saturated carbocycles. The normalized spacial score (nSPS) is 26.1. The van der Waals surface area contributed by atoms with Gasteiger partial charge in [0.2, 0.25) is 0 Å². The fraction of sp³-hybridized carbons (Fsp3) is 0.550. The van der Waals surface area contributed by atoms with Crippen LogP contribution in [0.2, 0.25) is 0 Å². The molecule has 1 aromatic carbocycles. The molecule has 1 heterocycles. The number of rotatable bonds is 6. The van der Waals surface area contributed by atoms with E-state index in [2.05, 4.69) is 0 Å². The molecule has 172 valence electrons. The van der Waals surface area contributed by atoms with E-state index in [1.54, 1.807) is 6.92 Å². The summed E-state index contributed by atoms with van der Waals surface area (Å²) in [5.41, 5.74) is -1.77. The molecule has 1 aliphatic heterocycles. The molecule has 3 unspecified atom stereocenters. The van der Waals surface area contributed by atoms with Crippen LogP contribution < -0.4 is 0 Å². The zero-order chi connectivity index (χ0) is 23.3. The van der Waals surface area contributed by atoms with Crippen molar-refractivity contribution in [2.75, 3.05) is 6.61 Å². The second kappa shape index (κ2) is 10.4. The highest BCUT2D eigenvalue weighted by Gasteiger charge is 2.48. The van der Waals surface area contributed by atoms with Gasteiger partial charge >= 0.3 is 24.1 Å². The molecule has 0 bridgehead atoms. The van der Waals surface area contributed by atoms with Gasteiger partial charge < -0.3 is 18.9 Å². The van der Waals surface area contributed by atoms with E-state index in [1.165, 1.54) is 32.9 Å². The average Bonchev–Trinajstić information content (AvgIpc) is 2.64. The summed E-state index contributed by atoms with van der Waals surface area (Å²) in [6.45, 7) is 4.99. The van der Waals surface area contributed by atoms with E-state index in [-0.39, 0.29) is 11.5 Å². The molecule has 11 heteroatoms. The van der Waals surface area contributed by atoms with Gasteiger partial charge in [-0.3, -0.25) is 14.4 Å². The zero-order valence-corrected chi connectivity index (χ0v) is 18.1. The summed E-state index contributed by atoms with van der Waals surface area (Å²) in [6.07, 6.45) is -7.27. The number of alkyl halides is 3. The molecule has 0 amide bonds. The van der Waals surface area contributed by atoms with Gasteiger partial charge in [-0.15, -0.1) is 0 Å². The summed E-state index contributed by atoms with van der Waals surface area (Å²) in [6, 6.07) is 4.63. The third kappa shape index (κ3) is 7.13. The summed E-state index contributed by atoms with van der Waals surface area (Å²) in [4.78, 5) is 34.7. The highest BCUT2D eigenvalue weighted by molar-refractivity contribution is 7.99. The van der Waals surface area contributed by atoms with Gasteiger partial charge in [0.15, 0.2) is 0 Å². The van der Waals surface area contributed by atoms with Crippen LogP contribution in [0.3, 0.4) is 0 Å². The number of benzene rings is 1. The first-order valence-electron chi connectivity index (χ1n) is 9.35. The van der Waals surface area contributed by atoms with Crippen molar-refractivity contribution in [3.05, 3.63) is 29.8 Å². The van der Waals surface area contributed by atoms with Gasteiger partial charge in [-0.2, -0.15) is 13.2 Å². The number of ether oxygens (including phenoxy) is 4. The van der Waals surface area contributed by atoms with E-state index in [9.17, 15) is 27.6 Å². The monoisotopic (exact) mass is 464 g/mol. The van der Waals surface area contributed by atoms with Gasteiger partial charge in [-0.05, 0) is 18.2 Å². The smallest absolute Gasteiger partial charge is 0.416 e. The molecule has 0 aliphatic carbocycles. The van der Waals surface area contributed by atoms with Crippen LogP contribution in [0, 0.1) is 5.92 Å². The molecule has 5 atom stereocenters. The number of hydrogen-bond donors (Lipinski definition) is 0. The molecule has 1 aliphatic rings. The summed E-state index contributed by atoms with van der Waals surface area (Å²) in [5, 5.41) is 0. The van der Waals surface area contributed by atoms with Crippen molar-refractivity contribution in [3.8, 4) is 0 Å². The van der Waals surface area contributed by atoms with Gasteiger partial charge in [0.25, 0.3) is 0 Å². The Labute approximate surface area is 181 Å². The van der Waals surface area contributed by atoms with Gasteiger partial charge in [-0.25, -0.2) is 0 Å². The highest BCUT2D eigenvalue weighted by atomic mass is 32.2. The summed E-state index contributed by atoms with van der Waals surface area (Å²) < 4.78 is 60.8. The van der Waals surface area contributed by atoms with Crippen LogP contribution in [0.4, 0.5) is 13.2 Å². The first-order chi connectivity index (χ1) is 14.4. The molecule has 1 saturated heterocycles. The predicted octanol–water partition coefficient (Wildman–Crippen LogP) is 3.59. The van der Waals surface area contributed by atoms with Crippen LogP contribution in [-0.2, 0) is 39.5 Å². The van der Waals surface area contributed by atoms with E-state index in [4.69, 9.17) is 18.9 Å². The Morgan fingerprint density at radius 3 is 2.19 bits per heavy atom. The standard InChI is InChI=1S/C20H23F3O7S/c1-10-17(28-12(3)25)16(9-27-11(2)24)30-19(18(10)29-13(4)26)31-15-7-5-6-14(8-15)20(21,22)23/h5-8,10,16-19H,9H2,1-4H3/t10?,16?,17-,18?,19-/m1/s1. The SMILES string of the molecule is CC(=O)OCC1O[C@H](Sc2cccc(C(F)(F)F)c2)C(OC(C)=O)C(C)[C@H]1OC(C)=O. The lowest BCUT2D eigenvalue weighted by Crippen LogP contribution is -2.56. The molecule has 0 spiro atoms. The van der Waals surface area contributed by atoms with Gasteiger partial charge in [0, 0.05) is 31.6 Å². The van der Waals surface area contributed by atoms with E-state index >= 15 is 0 Å². The zero-order valence-electron chi connectivity index (χ0n) is 17.3. The molecule has 0 aromatic heterocycles. The van der Waals surface area contributed by atoms with Crippen molar-refractivity contribution >= 4 is 29.7 Å². The first-order valence-corrected chi connectivity index (χ1v) is 10.2. The summed E-state index contributed by atoms with van der Waals surface area (Å²) in [7, 11) is 0. The molecule has 31 heavy (non-hydrogen) atoms. The Morgan fingerprint density at radius 2 is 1.65 bits per heavy atom. The maximum absolute atomic E-state index is 13.1.